The monoisotopic (exact) mass is 255 g/mol. The molecular weight excluding hydrogens is 234 g/mol. The Bertz CT molecular complexity index is 334. The van der Waals surface area contributed by atoms with Crippen LogP contribution in [0.15, 0.2) is 0 Å². The topological polar surface area (TPSA) is 66.8 Å². The van der Waals surface area contributed by atoms with Gasteiger partial charge in [0.25, 0.3) is 0 Å². The fourth-order valence-electron chi connectivity index (χ4n) is 2.85. The minimum Gasteiger partial charge on any atom is -0.481 e. The number of ether oxygens (including phenoxy) is 1. The van der Waals surface area contributed by atoms with Gasteiger partial charge in [-0.3, -0.25) is 9.59 Å². The first-order valence-electron chi connectivity index (χ1n) is 6.67. The molecule has 0 bridgehead atoms. The molecule has 2 aliphatic rings. The third-order valence-electron chi connectivity index (χ3n) is 4.17. The number of aliphatic carboxylic acids is 1. The first-order chi connectivity index (χ1) is 8.59. The predicted octanol–water partition coefficient (Wildman–Crippen LogP) is 1.13. The maximum Gasteiger partial charge on any atom is 0.307 e. The van der Waals surface area contributed by atoms with Gasteiger partial charge in [-0.2, -0.15) is 0 Å². The highest BCUT2D eigenvalue weighted by atomic mass is 16.5. The molecule has 1 spiro atoms. The predicted molar refractivity (Wildman–Crippen MR) is 65.1 cm³/mol. The van der Waals surface area contributed by atoms with Crippen LogP contribution in [0.1, 0.15) is 32.6 Å². The van der Waals surface area contributed by atoms with Gasteiger partial charge in [0.1, 0.15) is 6.61 Å². The third kappa shape index (κ3) is 2.66. The van der Waals surface area contributed by atoms with E-state index in [1.165, 1.54) is 0 Å². The normalized spacial score (nSPS) is 25.2. The summed E-state index contributed by atoms with van der Waals surface area (Å²) in [6.07, 6.45) is 3.35. The second-order valence-electron chi connectivity index (χ2n) is 5.39. The Hall–Kier alpha value is -1.10. The molecule has 1 saturated carbocycles. The highest BCUT2D eigenvalue weighted by molar-refractivity contribution is 5.78. The molecule has 0 radical (unpaired) electrons. The zero-order valence-corrected chi connectivity index (χ0v) is 10.9. The maximum absolute atomic E-state index is 11.8. The van der Waals surface area contributed by atoms with Crippen LogP contribution < -0.4 is 0 Å². The van der Waals surface area contributed by atoms with E-state index in [1.807, 2.05) is 6.92 Å². The molecule has 2 rings (SSSR count). The fraction of sp³-hybridized carbons (Fsp3) is 0.846. The number of carboxylic acid groups (broad SMARTS) is 1. The summed E-state index contributed by atoms with van der Waals surface area (Å²) in [5.74, 6) is -0.821. The average Bonchev–Trinajstić information content (AvgIpc) is 3.05. The van der Waals surface area contributed by atoms with Crippen molar-refractivity contribution in [1.82, 2.24) is 4.90 Å². The van der Waals surface area contributed by atoms with Crippen LogP contribution in [-0.4, -0.2) is 48.2 Å². The van der Waals surface area contributed by atoms with Gasteiger partial charge in [0.15, 0.2) is 0 Å². The molecule has 1 saturated heterocycles. The van der Waals surface area contributed by atoms with Crippen molar-refractivity contribution in [2.45, 2.75) is 32.6 Å². The summed E-state index contributed by atoms with van der Waals surface area (Å²) in [4.78, 5) is 24.5. The van der Waals surface area contributed by atoms with Crippen molar-refractivity contribution in [2.75, 3.05) is 26.3 Å². The summed E-state index contributed by atoms with van der Waals surface area (Å²) in [5.41, 5.74) is -0.00705. The Labute approximate surface area is 107 Å². The molecule has 1 atom stereocenters. The van der Waals surface area contributed by atoms with Crippen LogP contribution in [0.4, 0.5) is 0 Å². The molecule has 0 aromatic rings. The fourth-order valence-corrected chi connectivity index (χ4v) is 2.85. The summed E-state index contributed by atoms with van der Waals surface area (Å²) in [7, 11) is 0. The number of rotatable bonds is 5. The van der Waals surface area contributed by atoms with E-state index in [1.54, 1.807) is 4.90 Å². The van der Waals surface area contributed by atoms with Gasteiger partial charge < -0.3 is 14.7 Å². The number of carbonyl (C=O) groups is 2. The molecule has 5 heteroatoms. The quantitative estimate of drug-likeness (QED) is 0.748. The zero-order chi connectivity index (χ0) is 13.2. The lowest BCUT2D eigenvalue weighted by molar-refractivity contribution is -0.140. The van der Waals surface area contributed by atoms with E-state index in [-0.39, 0.29) is 23.8 Å². The van der Waals surface area contributed by atoms with Crippen LogP contribution in [-0.2, 0) is 14.3 Å². The summed E-state index contributed by atoms with van der Waals surface area (Å²) in [5, 5.41) is 8.99. The van der Waals surface area contributed by atoms with Crippen molar-refractivity contribution in [3.63, 3.8) is 0 Å². The Balaban J connectivity index is 1.74. The van der Waals surface area contributed by atoms with Crippen molar-refractivity contribution >= 4 is 11.9 Å². The van der Waals surface area contributed by atoms with Gasteiger partial charge in [0.2, 0.25) is 5.91 Å². The van der Waals surface area contributed by atoms with E-state index in [9.17, 15) is 9.59 Å². The van der Waals surface area contributed by atoms with Gasteiger partial charge >= 0.3 is 5.97 Å². The van der Waals surface area contributed by atoms with Crippen molar-refractivity contribution < 1.29 is 19.4 Å². The Kier molecular flexibility index (Phi) is 3.90. The summed E-state index contributed by atoms with van der Waals surface area (Å²) in [6.45, 7) is 4.14. The Morgan fingerprint density at radius 3 is 2.56 bits per heavy atom. The van der Waals surface area contributed by atoms with Crippen LogP contribution in [0, 0.1) is 11.3 Å². The van der Waals surface area contributed by atoms with E-state index in [4.69, 9.17) is 9.84 Å². The first kappa shape index (κ1) is 13.3. The SMILES string of the molecule is CCCOCC(=O)N1CCC2(CC1)CC2C(=O)O. The van der Waals surface area contributed by atoms with Crippen molar-refractivity contribution in [3.8, 4) is 0 Å². The highest BCUT2D eigenvalue weighted by Gasteiger charge is 2.59. The van der Waals surface area contributed by atoms with Crippen molar-refractivity contribution in [2.24, 2.45) is 11.3 Å². The molecule has 1 unspecified atom stereocenters. The summed E-state index contributed by atoms with van der Waals surface area (Å²) in [6, 6.07) is 0. The maximum atomic E-state index is 11.8. The zero-order valence-electron chi connectivity index (χ0n) is 10.9. The smallest absolute Gasteiger partial charge is 0.307 e. The van der Waals surface area contributed by atoms with Crippen LogP contribution in [0.5, 0.6) is 0 Å². The molecule has 2 fully saturated rings. The van der Waals surface area contributed by atoms with E-state index < -0.39 is 5.97 Å². The minimum absolute atomic E-state index is 0.00705. The molecule has 0 aromatic carbocycles. The van der Waals surface area contributed by atoms with Gasteiger partial charge in [-0.1, -0.05) is 6.92 Å². The lowest BCUT2D eigenvalue weighted by atomic mass is 9.91. The number of amides is 1. The number of hydrogen-bond donors (Lipinski definition) is 1. The average molecular weight is 255 g/mol. The third-order valence-corrected chi connectivity index (χ3v) is 4.17. The van der Waals surface area contributed by atoms with Gasteiger partial charge in [-0.25, -0.2) is 0 Å². The molecule has 102 valence electrons. The molecule has 1 aliphatic carbocycles. The number of likely N-dealkylation sites (tertiary alicyclic amines) is 1. The number of carbonyl (C=O) groups excluding carboxylic acids is 1. The second kappa shape index (κ2) is 5.26. The Morgan fingerprint density at radius 1 is 1.39 bits per heavy atom. The van der Waals surface area contributed by atoms with Gasteiger partial charge in [-0.15, -0.1) is 0 Å². The standard InChI is InChI=1S/C13H21NO4/c1-2-7-18-9-11(15)14-5-3-13(4-6-14)8-10(13)12(16)17/h10H,2-9H2,1H3,(H,16,17). The van der Waals surface area contributed by atoms with Crippen LogP contribution in [0.25, 0.3) is 0 Å². The second-order valence-corrected chi connectivity index (χ2v) is 5.39. The lowest BCUT2D eigenvalue weighted by Gasteiger charge is -2.32. The van der Waals surface area contributed by atoms with Gasteiger partial charge in [0, 0.05) is 19.7 Å². The number of piperidine rings is 1. The van der Waals surface area contributed by atoms with Crippen LogP contribution in [0.3, 0.4) is 0 Å². The van der Waals surface area contributed by atoms with E-state index in [0.29, 0.717) is 19.7 Å². The molecule has 1 amide bonds. The molecule has 1 N–H and O–H groups in total. The number of hydrogen-bond acceptors (Lipinski definition) is 3. The summed E-state index contributed by atoms with van der Waals surface area (Å²) >= 11 is 0. The van der Waals surface area contributed by atoms with Gasteiger partial charge in [0.05, 0.1) is 5.92 Å². The largest absolute Gasteiger partial charge is 0.481 e. The lowest BCUT2D eigenvalue weighted by Crippen LogP contribution is -2.41. The van der Waals surface area contributed by atoms with E-state index >= 15 is 0 Å². The molecule has 0 aromatic heterocycles. The first-order valence-corrected chi connectivity index (χ1v) is 6.67. The molecule has 5 nitrogen and oxygen atoms in total. The van der Waals surface area contributed by atoms with E-state index in [2.05, 4.69) is 0 Å². The van der Waals surface area contributed by atoms with Crippen molar-refractivity contribution in [1.29, 1.82) is 0 Å². The molecule has 1 aliphatic heterocycles. The van der Waals surface area contributed by atoms with Gasteiger partial charge in [-0.05, 0) is 31.1 Å². The van der Waals surface area contributed by atoms with Crippen LogP contribution >= 0.6 is 0 Å². The number of carboxylic acids is 1. The van der Waals surface area contributed by atoms with Crippen molar-refractivity contribution in [3.05, 3.63) is 0 Å². The van der Waals surface area contributed by atoms with Crippen LogP contribution in [0.2, 0.25) is 0 Å². The minimum atomic E-state index is -0.680. The highest BCUT2D eigenvalue weighted by Crippen LogP contribution is 2.59. The molecule has 1 heterocycles. The Morgan fingerprint density at radius 2 is 2.06 bits per heavy atom. The van der Waals surface area contributed by atoms with E-state index in [0.717, 1.165) is 25.7 Å². The summed E-state index contributed by atoms with van der Waals surface area (Å²) < 4.78 is 5.24. The number of nitrogens with zero attached hydrogens (tertiary/aromatic N) is 1. The molecular formula is C13H21NO4. The molecule has 18 heavy (non-hydrogen) atoms.